The van der Waals surface area contributed by atoms with Gasteiger partial charge in [-0.2, -0.15) is 13.2 Å². The second-order valence-electron chi connectivity index (χ2n) is 4.10. The molecule has 0 atom stereocenters. The summed E-state index contributed by atoms with van der Waals surface area (Å²) in [6, 6.07) is 2.00. The van der Waals surface area contributed by atoms with Gasteiger partial charge in [0.1, 0.15) is 11.5 Å². The molecule has 18 heavy (non-hydrogen) atoms. The van der Waals surface area contributed by atoms with Crippen LogP contribution in [0.1, 0.15) is 16.8 Å². The minimum absolute atomic E-state index is 0.0851. The number of nitrogens with one attached hydrogen (secondary N) is 1. The van der Waals surface area contributed by atoms with E-state index in [9.17, 15) is 22.4 Å². The molecule has 0 saturated carbocycles. The number of hydrogen-bond donors (Lipinski definition) is 1. The molecule has 0 spiro atoms. The third-order valence-electron chi connectivity index (χ3n) is 2.79. The molecule has 6 heteroatoms. The summed E-state index contributed by atoms with van der Waals surface area (Å²) in [6.07, 6.45) is -4.67. The maximum atomic E-state index is 13.2. The molecule has 0 saturated heterocycles. The predicted octanol–water partition coefficient (Wildman–Crippen LogP) is 3.30. The second-order valence-corrected chi connectivity index (χ2v) is 4.10. The fraction of sp³-hybridized carbons (Fsp3) is 0.250. The lowest BCUT2D eigenvalue weighted by Crippen LogP contribution is -2.19. The van der Waals surface area contributed by atoms with Crippen LogP contribution in [0.2, 0.25) is 0 Å². The van der Waals surface area contributed by atoms with Gasteiger partial charge in [0.05, 0.1) is 5.52 Å². The van der Waals surface area contributed by atoms with Crippen LogP contribution < -0.4 is 5.43 Å². The Kier molecular flexibility index (Phi) is 2.68. The highest BCUT2D eigenvalue weighted by Gasteiger charge is 2.35. The molecule has 2 nitrogen and oxygen atoms in total. The number of pyridine rings is 1. The second kappa shape index (κ2) is 3.83. The third kappa shape index (κ3) is 1.87. The first-order valence-corrected chi connectivity index (χ1v) is 5.11. The zero-order valence-electron chi connectivity index (χ0n) is 9.57. The number of rotatable bonds is 0. The summed E-state index contributed by atoms with van der Waals surface area (Å²) in [6.45, 7) is 2.58. The van der Waals surface area contributed by atoms with E-state index in [0.717, 1.165) is 19.1 Å². The van der Waals surface area contributed by atoms with Gasteiger partial charge in [-0.3, -0.25) is 4.79 Å². The van der Waals surface area contributed by atoms with Gasteiger partial charge < -0.3 is 4.98 Å². The number of aromatic amines is 1. The molecule has 0 aliphatic rings. The van der Waals surface area contributed by atoms with Gasteiger partial charge in [-0.05, 0) is 31.5 Å². The van der Waals surface area contributed by atoms with E-state index in [-0.39, 0.29) is 10.9 Å². The molecular formula is C12H9F4NO. The number of halogens is 4. The van der Waals surface area contributed by atoms with E-state index in [1.807, 2.05) is 0 Å². The highest BCUT2D eigenvalue weighted by molar-refractivity contribution is 5.83. The molecule has 0 fully saturated rings. The van der Waals surface area contributed by atoms with Crippen LogP contribution in [0.4, 0.5) is 17.6 Å². The van der Waals surface area contributed by atoms with Crippen LogP contribution in [0.25, 0.3) is 10.9 Å². The zero-order chi connectivity index (χ0) is 13.7. The molecule has 96 valence electrons. The number of aromatic nitrogens is 1. The monoisotopic (exact) mass is 259 g/mol. The average Bonchev–Trinajstić information content (AvgIpc) is 2.20. The van der Waals surface area contributed by atoms with Gasteiger partial charge in [0.2, 0.25) is 0 Å². The topological polar surface area (TPSA) is 32.9 Å². The smallest absolute Gasteiger partial charge is 0.350 e. The molecule has 1 aromatic heterocycles. The van der Waals surface area contributed by atoms with Gasteiger partial charge in [-0.25, -0.2) is 4.39 Å². The molecular weight excluding hydrogens is 250 g/mol. The average molecular weight is 259 g/mol. The summed E-state index contributed by atoms with van der Waals surface area (Å²) in [5.74, 6) is -0.687. The van der Waals surface area contributed by atoms with Gasteiger partial charge in [-0.1, -0.05) is 0 Å². The van der Waals surface area contributed by atoms with E-state index in [1.54, 1.807) is 0 Å². The summed E-state index contributed by atoms with van der Waals surface area (Å²) in [7, 11) is 0. The van der Waals surface area contributed by atoms with Gasteiger partial charge in [0, 0.05) is 10.9 Å². The standard InChI is InChI=1S/C12H9F4NO/c1-5-3-7(13)4-8-9(5)10(18)6(2)11(17-8)12(14,15)16/h3-4H,1-2H3,(H,17,18). The molecule has 0 radical (unpaired) electrons. The van der Waals surface area contributed by atoms with Crippen molar-refractivity contribution >= 4 is 10.9 Å². The van der Waals surface area contributed by atoms with E-state index >= 15 is 0 Å². The first-order valence-electron chi connectivity index (χ1n) is 5.11. The summed E-state index contributed by atoms with van der Waals surface area (Å²) in [5.41, 5.74) is -2.11. The molecule has 0 bridgehead atoms. The molecule has 1 aromatic carbocycles. The van der Waals surface area contributed by atoms with Crippen LogP contribution >= 0.6 is 0 Å². The number of hydrogen-bond acceptors (Lipinski definition) is 1. The van der Waals surface area contributed by atoms with Crippen LogP contribution in [0.15, 0.2) is 16.9 Å². The molecule has 2 aromatic rings. The van der Waals surface area contributed by atoms with Crippen molar-refractivity contribution in [1.29, 1.82) is 0 Å². The summed E-state index contributed by atoms with van der Waals surface area (Å²) >= 11 is 0. The van der Waals surface area contributed by atoms with Crippen molar-refractivity contribution in [3.8, 4) is 0 Å². The van der Waals surface area contributed by atoms with Crippen molar-refractivity contribution in [3.05, 3.63) is 45.0 Å². The molecule has 0 unspecified atom stereocenters. The lowest BCUT2D eigenvalue weighted by atomic mass is 10.0. The predicted molar refractivity (Wildman–Crippen MR) is 59.0 cm³/mol. The van der Waals surface area contributed by atoms with Crippen molar-refractivity contribution in [2.75, 3.05) is 0 Å². The number of H-pyrrole nitrogens is 1. The number of alkyl halides is 3. The van der Waals surface area contributed by atoms with Crippen LogP contribution in [0.3, 0.4) is 0 Å². The number of benzene rings is 1. The first kappa shape index (κ1) is 12.6. The van der Waals surface area contributed by atoms with Crippen LogP contribution in [-0.2, 0) is 6.18 Å². The third-order valence-corrected chi connectivity index (χ3v) is 2.79. The minimum atomic E-state index is -4.67. The van der Waals surface area contributed by atoms with Crippen molar-refractivity contribution in [3.63, 3.8) is 0 Å². The maximum Gasteiger partial charge on any atom is 0.431 e. The Bertz CT molecular complexity index is 685. The summed E-state index contributed by atoms with van der Waals surface area (Å²) < 4.78 is 51.2. The van der Waals surface area contributed by atoms with Crippen LogP contribution in [0.5, 0.6) is 0 Å². The Morgan fingerprint density at radius 3 is 2.33 bits per heavy atom. The normalized spacial score (nSPS) is 12.1. The Labute approximate surface area is 99.3 Å². The van der Waals surface area contributed by atoms with Crippen molar-refractivity contribution in [1.82, 2.24) is 4.98 Å². The Morgan fingerprint density at radius 2 is 1.78 bits per heavy atom. The van der Waals surface area contributed by atoms with E-state index in [4.69, 9.17) is 0 Å². The van der Waals surface area contributed by atoms with E-state index < -0.39 is 28.7 Å². The maximum absolute atomic E-state index is 13.2. The highest BCUT2D eigenvalue weighted by atomic mass is 19.4. The minimum Gasteiger partial charge on any atom is -0.350 e. The molecule has 1 N–H and O–H groups in total. The number of fused-ring (bicyclic) bond motifs is 1. The van der Waals surface area contributed by atoms with E-state index in [2.05, 4.69) is 4.98 Å². The molecule has 2 rings (SSSR count). The van der Waals surface area contributed by atoms with Gasteiger partial charge >= 0.3 is 6.18 Å². The Morgan fingerprint density at radius 1 is 1.17 bits per heavy atom. The quantitative estimate of drug-likeness (QED) is 0.723. The van der Waals surface area contributed by atoms with Gasteiger partial charge in [0.25, 0.3) is 0 Å². The zero-order valence-corrected chi connectivity index (χ0v) is 9.57. The van der Waals surface area contributed by atoms with Gasteiger partial charge in [0.15, 0.2) is 5.43 Å². The van der Waals surface area contributed by atoms with Crippen molar-refractivity contribution in [2.24, 2.45) is 0 Å². The summed E-state index contributed by atoms with van der Waals surface area (Å²) in [4.78, 5) is 14.0. The number of aryl methyl sites for hydroxylation is 1. The summed E-state index contributed by atoms with van der Waals surface area (Å²) in [5, 5.41) is 0.0851. The van der Waals surface area contributed by atoms with Crippen LogP contribution in [-0.4, -0.2) is 4.98 Å². The molecule has 0 aliphatic heterocycles. The first-order chi connectivity index (χ1) is 8.21. The van der Waals surface area contributed by atoms with Crippen LogP contribution in [0, 0.1) is 19.7 Å². The van der Waals surface area contributed by atoms with Crippen molar-refractivity contribution < 1.29 is 17.6 Å². The molecule has 1 heterocycles. The van der Waals surface area contributed by atoms with Gasteiger partial charge in [-0.15, -0.1) is 0 Å². The largest absolute Gasteiger partial charge is 0.431 e. The lowest BCUT2D eigenvalue weighted by Gasteiger charge is -2.12. The molecule has 0 aliphatic carbocycles. The van der Waals surface area contributed by atoms with Crippen molar-refractivity contribution in [2.45, 2.75) is 20.0 Å². The fourth-order valence-corrected chi connectivity index (χ4v) is 1.96. The fourth-order valence-electron chi connectivity index (χ4n) is 1.96. The molecule has 0 amide bonds. The lowest BCUT2D eigenvalue weighted by molar-refractivity contribution is -0.141. The van der Waals surface area contributed by atoms with E-state index in [1.165, 1.54) is 6.92 Å². The SMILES string of the molecule is Cc1c(C(F)(F)F)[nH]c2cc(F)cc(C)c2c1=O. The highest BCUT2D eigenvalue weighted by Crippen LogP contribution is 2.30. The Balaban J connectivity index is 2.98. The Hall–Kier alpha value is -1.85. The van der Waals surface area contributed by atoms with E-state index in [0.29, 0.717) is 5.56 Å².